The van der Waals surface area contributed by atoms with Crippen LogP contribution >= 0.6 is 15.9 Å². The van der Waals surface area contributed by atoms with E-state index in [2.05, 4.69) is 20.9 Å². The molecule has 1 aromatic carbocycles. The number of amides is 1. The molecule has 1 aromatic heterocycles. The first-order valence-electron chi connectivity index (χ1n) is 7.64. The van der Waals surface area contributed by atoms with E-state index in [1.54, 1.807) is 0 Å². The number of piperidine rings is 1. The summed E-state index contributed by atoms with van der Waals surface area (Å²) in [5.74, 6) is 0.651. The van der Waals surface area contributed by atoms with Crippen molar-refractivity contribution in [2.24, 2.45) is 11.7 Å². The van der Waals surface area contributed by atoms with Gasteiger partial charge in [0.05, 0.1) is 11.1 Å². The van der Waals surface area contributed by atoms with Crippen molar-refractivity contribution in [1.82, 2.24) is 9.88 Å². The molecule has 3 rings (SSSR count). The van der Waals surface area contributed by atoms with Gasteiger partial charge < -0.3 is 10.6 Å². The molecule has 1 aliphatic rings. The Kier molecular flexibility index (Phi) is 4.45. The van der Waals surface area contributed by atoms with Crippen molar-refractivity contribution >= 4 is 32.7 Å². The number of benzene rings is 1. The van der Waals surface area contributed by atoms with Crippen LogP contribution in [0.3, 0.4) is 0 Å². The molecule has 1 aliphatic heterocycles. The highest BCUT2D eigenvalue weighted by molar-refractivity contribution is 9.10. The molecule has 0 unspecified atom stereocenters. The Morgan fingerprint density at radius 1 is 1.36 bits per heavy atom. The first kappa shape index (κ1) is 15.4. The number of halogens is 1. The minimum absolute atomic E-state index is 0.101. The molecule has 0 bridgehead atoms. The van der Waals surface area contributed by atoms with Crippen LogP contribution in [-0.4, -0.2) is 35.4 Å². The highest BCUT2D eigenvalue weighted by atomic mass is 79.9. The standard InChI is InChI=1S/C17H20BrN3O/c1-11-8-15(14-9-13(18)2-3-16(14)20-11)17(22)21-6-4-12(10-19)5-7-21/h2-3,8-9,12H,4-7,10,19H2,1H3. The fourth-order valence-corrected chi connectivity index (χ4v) is 3.41. The molecule has 0 spiro atoms. The summed E-state index contributed by atoms with van der Waals surface area (Å²) in [5.41, 5.74) is 8.21. The van der Waals surface area contributed by atoms with Crippen molar-refractivity contribution < 1.29 is 4.79 Å². The summed E-state index contributed by atoms with van der Waals surface area (Å²) in [6, 6.07) is 7.77. The van der Waals surface area contributed by atoms with E-state index in [1.165, 1.54) is 0 Å². The van der Waals surface area contributed by atoms with Crippen LogP contribution in [0.1, 0.15) is 28.9 Å². The maximum atomic E-state index is 12.9. The zero-order valence-corrected chi connectivity index (χ0v) is 14.3. The number of rotatable bonds is 2. The molecule has 5 heteroatoms. The number of likely N-dealkylation sites (tertiary alicyclic amines) is 1. The molecular formula is C17H20BrN3O. The maximum absolute atomic E-state index is 12.9. The topological polar surface area (TPSA) is 59.2 Å². The highest BCUT2D eigenvalue weighted by Crippen LogP contribution is 2.25. The molecule has 2 aromatic rings. The van der Waals surface area contributed by atoms with Gasteiger partial charge in [-0.2, -0.15) is 0 Å². The molecular weight excluding hydrogens is 342 g/mol. The summed E-state index contributed by atoms with van der Waals surface area (Å²) in [6.45, 7) is 4.22. The van der Waals surface area contributed by atoms with Crippen LogP contribution in [0.25, 0.3) is 10.9 Å². The number of nitrogens with zero attached hydrogens (tertiary/aromatic N) is 2. The Labute approximate surface area is 138 Å². The molecule has 1 fully saturated rings. The third-order valence-corrected chi connectivity index (χ3v) is 4.86. The summed E-state index contributed by atoms with van der Waals surface area (Å²) in [5, 5.41) is 0.908. The number of carbonyl (C=O) groups excluding carboxylic acids is 1. The first-order chi connectivity index (χ1) is 10.6. The number of aryl methyl sites for hydroxylation is 1. The molecule has 116 valence electrons. The van der Waals surface area contributed by atoms with Crippen molar-refractivity contribution in [3.8, 4) is 0 Å². The smallest absolute Gasteiger partial charge is 0.254 e. The summed E-state index contributed by atoms with van der Waals surface area (Å²) in [4.78, 5) is 19.4. The second-order valence-electron chi connectivity index (χ2n) is 5.94. The molecule has 0 saturated carbocycles. The van der Waals surface area contributed by atoms with E-state index in [-0.39, 0.29) is 5.91 Å². The quantitative estimate of drug-likeness (QED) is 0.893. The Hall–Kier alpha value is -1.46. The lowest BCUT2D eigenvalue weighted by Gasteiger charge is -2.31. The van der Waals surface area contributed by atoms with Crippen molar-refractivity contribution in [1.29, 1.82) is 0 Å². The largest absolute Gasteiger partial charge is 0.339 e. The molecule has 1 amide bonds. The lowest BCUT2D eigenvalue weighted by molar-refractivity contribution is 0.0695. The molecule has 4 nitrogen and oxygen atoms in total. The van der Waals surface area contributed by atoms with Gasteiger partial charge in [-0.3, -0.25) is 9.78 Å². The number of carbonyl (C=O) groups is 1. The minimum atomic E-state index is 0.101. The van der Waals surface area contributed by atoms with Gasteiger partial charge in [-0.25, -0.2) is 0 Å². The molecule has 0 aliphatic carbocycles. The summed E-state index contributed by atoms with van der Waals surface area (Å²) in [7, 11) is 0. The number of aromatic nitrogens is 1. The number of fused-ring (bicyclic) bond motifs is 1. The number of nitrogens with two attached hydrogens (primary N) is 1. The predicted molar refractivity (Wildman–Crippen MR) is 91.9 cm³/mol. The lowest BCUT2D eigenvalue weighted by Crippen LogP contribution is -2.40. The van der Waals surface area contributed by atoms with Crippen molar-refractivity contribution in [2.45, 2.75) is 19.8 Å². The van der Waals surface area contributed by atoms with E-state index in [0.29, 0.717) is 12.5 Å². The monoisotopic (exact) mass is 361 g/mol. The van der Waals surface area contributed by atoms with Gasteiger partial charge in [0.15, 0.2) is 0 Å². The summed E-state index contributed by atoms with van der Waals surface area (Å²) < 4.78 is 0.960. The molecule has 2 heterocycles. The van der Waals surface area contributed by atoms with Crippen molar-refractivity contribution in [3.05, 3.63) is 40.0 Å². The average molecular weight is 362 g/mol. The Balaban J connectivity index is 1.95. The second-order valence-corrected chi connectivity index (χ2v) is 6.86. The van der Waals surface area contributed by atoms with Crippen LogP contribution in [0.5, 0.6) is 0 Å². The van der Waals surface area contributed by atoms with Crippen molar-refractivity contribution in [3.63, 3.8) is 0 Å². The van der Waals surface area contributed by atoms with Gasteiger partial charge in [0.2, 0.25) is 0 Å². The summed E-state index contributed by atoms with van der Waals surface area (Å²) in [6.07, 6.45) is 1.99. The lowest BCUT2D eigenvalue weighted by atomic mass is 9.96. The van der Waals surface area contributed by atoms with Crippen LogP contribution < -0.4 is 5.73 Å². The van der Waals surface area contributed by atoms with E-state index in [1.807, 2.05) is 36.1 Å². The van der Waals surface area contributed by atoms with Gasteiger partial charge in [-0.05, 0) is 56.5 Å². The van der Waals surface area contributed by atoms with E-state index in [9.17, 15) is 4.79 Å². The molecule has 0 atom stereocenters. The number of hydrogen-bond donors (Lipinski definition) is 1. The van der Waals surface area contributed by atoms with Gasteiger partial charge in [0.25, 0.3) is 5.91 Å². The molecule has 22 heavy (non-hydrogen) atoms. The average Bonchev–Trinajstić information content (AvgIpc) is 2.54. The van der Waals surface area contributed by atoms with Crippen LogP contribution in [0.15, 0.2) is 28.7 Å². The Morgan fingerprint density at radius 2 is 2.09 bits per heavy atom. The maximum Gasteiger partial charge on any atom is 0.254 e. The van der Waals surface area contributed by atoms with Crippen LogP contribution in [0, 0.1) is 12.8 Å². The Morgan fingerprint density at radius 3 is 2.77 bits per heavy atom. The minimum Gasteiger partial charge on any atom is -0.339 e. The number of hydrogen-bond acceptors (Lipinski definition) is 3. The van der Waals surface area contributed by atoms with E-state index >= 15 is 0 Å². The second kappa shape index (κ2) is 6.34. The third-order valence-electron chi connectivity index (χ3n) is 4.36. The first-order valence-corrected chi connectivity index (χ1v) is 8.44. The van der Waals surface area contributed by atoms with Gasteiger partial charge in [-0.15, -0.1) is 0 Å². The van der Waals surface area contributed by atoms with Crippen LogP contribution in [0.4, 0.5) is 0 Å². The predicted octanol–water partition coefficient (Wildman–Crippen LogP) is 3.12. The van der Waals surface area contributed by atoms with E-state index in [0.717, 1.165) is 52.6 Å². The fourth-order valence-electron chi connectivity index (χ4n) is 3.05. The molecule has 1 saturated heterocycles. The van der Waals surface area contributed by atoms with Crippen LogP contribution in [0.2, 0.25) is 0 Å². The van der Waals surface area contributed by atoms with Gasteiger partial charge in [-0.1, -0.05) is 15.9 Å². The summed E-state index contributed by atoms with van der Waals surface area (Å²) >= 11 is 3.48. The zero-order chi connectivity index (χ0) is 15.7. The fraction of sp³-hybridized carbons (Fsp3) is 0.412. The van der Waals surface area contributed by atoms with E-state index in [4.69, 9.17) is 5.73 Å². The van der Waals surface area contributed by atoms with Crippen LogP contribution in [-0.2, 0) is 0 Å². The third kappa shape index (κ3) is 3.01. The number of pyridine rings is 1. The van der Waals surface area contributed by atoms with Gasteiger partial charge in [0, 0.05) is 28.6 Å². The van der Waals surface area contributed by atoms with E-state index < -0.39 is 0 Å². The molecule has 0 radical (unpaired) electrons. The normalized spacial score (nSPS) is 16.2. The van der Waals surface area contributed by atoms with Gasteiger partial charge in [0.1, 0.15) is 0 Å². The highest BCUT2D eigenvalue weighted by Gasteiger charge is 2.24. The molecule has 2 N–H and O–H groups in total. The zero-order valence-electron chi connectivity index (χ0n) is 12.7. The Bertz CT molecular complexity index is 708. The SMILES string of the molecule is Cc1cc(C(=O)N2CCC(CN)CC2)c2cc(Br)ccc2n1. The van der Waals surface area contributed by atoms with Crippen molar-refractivity contribution in [2.75, 3.05) is 19.6 Å². The van der Waals surface area contributed by atoms with Gasteiger partial charge >= 0.3 is 0 Å².